The van der Waals surface area contributed by atoms with E-state index in [0.29, 0.717) is 12.3 Å². The maximum atomic E-state index is 12.2. The Hall–Kier alpha value is -2.37. The molecule has 128 valence electrons. The molecule has 3 heterocycles. The smallest absolute Gasteiger partial charge is 0.287 e. The standard InChI is InChI=1S/C20H20N2O2S/c23-20(18-7-3-11-24-18)21-13-17(19-8-4-12-25-19)22-10-9-15-5-1-2-6-16(15)14-22/h1-8,11-12,17H,9-10,13-14H2,(H,21,23)/t17-/m0/s1. The molecule has 0 saturated heterocycles. The van der Waals surface area contributed by atoms with Crippen LogP contribution in [0.25, 0.3) is 0 Å². The maximum absolute atomic E-state index is 12.2. The molecule has 0 unspecified atom stereocenters. The summed E-state index contributed by atoms with van der Waals surface area (Å²) in [5, 5.41) is 5.12. The topological polar surface area (TPSA) is 45.5 Å². The zero-order valence-electron chi connectivity index (χ0n) is 13.9. The number of hydrogen-bond acceptors (Lipinski definition) is 4. The summed E-state index contributed by atoms with van der Waals surface area (Å²) in [6.07, 6.45) is 2.57. The highest BCUT2D eigenvalue weighted by Gasteiger charge is 2.26. The van der Waals surface area contributed by atoms with Crippen LogP contribution < -0.4 is 5.32 Å². The summed E-state index contributed by atoms with van der Waals surface area (Å²) < 4.78 is 5.19. The van der Waals surface area contributed by atoms with Gasteiger partial charge < -0.3 is 9.73 Å². The van der Waals surface area contributed by atoms with Gasteiger partial charge in [0, 0.05) is 24.5 Å². The molecule has 3 aromatic rings. The predicted molar refractivity (Wildman–Crippen MR) is 98.7 cm³/mol. The normalized spacial score (nSPS) is 15.5. The highest BCUT2D eigenvalue weighted by Crippen LogP contribution is 2.30. The average Bonchev–Trinajstić information content (AvgIpc) is 3.35. The lowest BCUT2D eigenvalue weighted by atomic mass is 9.98. The lowest BCUT2D eigenvalue weighted by Gasteiger charge is -2.35. The monoisotopic (exact) mass is 352 g/mol. The summed E-state index contributed by atoms with van der Waals surface area (Å²) in [5.41, 5.74) is 2.82. The molecule has 0 spiro atoms. The number of rotatable bonds is 5. The van der Waals surface area contributed by atoms with Crippen molar-refractivity contribution in [2.24, 2.45) is 0 Å². The van der Waals surface area contributed by atoms with Gasteiger partial charge in [0.05, 0.1) is 12.3 Å². The number of carbonyl (C=O) groups is 1. The number of carbonyl (C=O) groups excluding carboxylic acids is 1. The molecule has 0 aliphatic carbocycles. The first-order chi connectivity index (χ1) is 12.3. The van der Waals surface area contributed by atoms with E-state index < -0.39 is 0 Å². The van der Waals surface area contributed by atoms with Crippen molar-refractivity contribution in [1.29, 1.82) is 0 Å². The summed E-state index contributed by atoms with van der Waals surface area (Å²) in [6.45, 7) is 2.48. The van der Waals surface area contributed by atoms with Gasteiger partial charge in [-0.15, -0.1) is 11.3 Å². The van der Waals surface area contributed by atoms with Crippen molar-refractivity contribution in [2.75, 3.05) is 13.1 Å². The third-order valence-electron chi connectivity index (χ3n) is 4.67. The first-order valence-electron chi connectivity index (χ1n) is 8.47. The van der Waals surface area contributed by atoms with Gasteiger partial charge in [-0.3, -0.25) is 9.69 Å². The highest BCUT2D eigenvalue weighted by atomic mass is 32.1. The van der Waals surface area contributed by atoms with Crippen LogP contribution in [0, 0.1) is 0 Å². The Kier molecular flexibility index (Phi) is 4.68. The third-order valence-corrected chi connectivity index (χ3v) is 5.65. The number of thiophene rings is 1. The Bertz CT molecular complexity index is 827. The number of benzene rings is 1. The molecule has 2 aromatic heterocycles. The molecule has 1 aliphatic heterocycles. The van der Waals surface area contributed by atoms with Gasteiger partial charge in [-0.1, -0.05) is 30.3 Å². The minimum Gasteiger partial charge on any atom is -0.459 e. The van der Waals surface area contributed by atoms with Crippen molar-refractivity contribution in [3.63, 3.8) is 0 Å². The molecule has 1 amide bonds. The van der Waals surface area contributed by atoms with Gasteiger partial charge in [0.2, 0.25) is 0 Å². The van der Waals surface area contributed by atoms with E-state index in [1.54, 1.807) is 23.5 Å². The molecule has 1 N–H and O–H groups in total. The number of nitrogens with one attached hydrogen (secondary N) is 1. The van der Waals surface area contributed by atoms with Gasteiger partial charge in [-0.2, -0.15) is 0 Å². The Morgan fingerprint density at radius 2 is 2.04 bits per heavy atom. The Labute approximate surface area is 151 Å². The maximum Gasteiger partial charge on any atom is 0.287 e. The van der Waals surface area contributed by atoms with Crippen LogP contribution in [0.3, 0.4) is 0 Å². The molecule has 1 atom stereocenters. The minimum absolute atomic E-state index is 0.163. The van der Waals surface area contributed by atoms with Crippen LogP contribution in [0.4, 0.5) is 0 Å². The minimum atomic E-state index is -0.163. The van der Waals surface area contributed by atoms with Crippen LogP contribution in [0.5, 0.6) is 0 Å². The summed E-state index contributed by atoms with van der Waals surface area (Å²) in [4.78, 5) is 16.0. The second kappa shape index (κ2) is 7.25. The van der Waals surface area contributed by atoms with Crippen molar-refractivity contribution >= 4 is 17.2 Å². The Balaban J connectivity index is 1.50. The van der Waals surface area contributed by atoms with E-state index in [1.807, 2.05) is 0 Å². The molecule has 0 bridgehead atoms. The van der Waals surface area contributed by atoms with E-state index >= 15 is 0 Å². The average molecular weight is 352 g/mol. The highest BCUT2D eigenvalue weighted by molar-refractivity contribution is 7.10. The van der Waals surface area contributed by atoms with Crippen LogP contribution >= 0.6 is 11.3 Å². The van der Waals surface area contributed by atoms with E-state index in [0.717, 1.165) is 19.5 Å². The fraction of sp³-hybridized carbons (Fsp3) is 0.250. The third kappa shape index (κ3) is 3.52. The van der Waals surface area contributed by atoms with Gasteiger partial charge in [-0.25, -0.2) is 0 Å². The van der Waals surface area contributed by atoms with Gasteiger partial charge in [0.25, 0.3) is 5.91 Å². The number of furan rings is 1. The van der Waals surface area contributed by atoms with Crippen molar-refractivity contribution in [1.82, 2.24) is 10.2 Å². The molecular formula is C20H20N2O2S. The SMILES string of the molecule is O=C(NC[C@@H](c1cccs1)N1CCc2ccccc2C1)c1ccco1. The molecular weight excluding hydrogens is 332 g/mol. The summed E-state index contributed by atoms with van der Waals surface area (Å²) in [7, 11) is 0. The summed E-state index contributed by atoms with van der Waals surface area (Å²) >= 11 is 1.74. The van der Waals surface area contributed by atoms with Crippen LogP contribution in [0.15, 0.2) is 64.6 Å². The first kappa shape index (κ1) is 16.1. The lowest BCUT2D eigenvalue weighted by Crippen LogP contribution is -2.40. The van der Waals surface area contributed by atoms with Crippen molar-refractivity contribution in [3.8, 4) is 0 Å². The summed E-state index contributed by atoms with van der Waals surface area (Å²) in [5.74, 6) is 0.192. The fourth-order valence-corrected chi connectivity index (χ4v) is 4.22. The van der Waals surface area contributed by atoms with Crippen molar-refractivity contribution in [3.05, 3.63) is 81.9 Å². The molecule has 0 saturated carbocycles. The van der Waals surface area contributed by atoms with E-state index in [4.69, 9.17) is 4.42 Å². The zero-order valence-corrected chi connectivity index (χ0v) is 14.7. The predicted octanol–water partition coefficient (Wildman–Crippen LogP) is 3.87. The second-order valence-electron chi connectivity index (χ2n) is 6.21. The molecule has 5 heteroatoms. The molecule has 0 radical (unpaired) electrons. The van der Waals surface area contributed by atoms with Gasteiger partial charge in [0.1, 0.15) is 0 Å². The van der Waals surface area contributed by atoms with Crippen LogP contribution in [-0.4, -0.2) is 23.9 Å². The number of hydrogen-bond donors (Lipinski definition) is 1. The van der Waals surface area contributed by atoms with Crippen molar-refractivity contribution in [2.45, 2.75) is 19.0 Å². The molecule has 1 aliphatic rings. The molecule has 0 fully saturated rings. The van der Waals surface area contributed by atoms with E-state index in [9.17, 15) is 4.79 Å². The van der Waals surface area contributed by atoms with E-state index in [-0.39, 0.29) is 11.9 Å². The van der Waals surface area contributed by atoms with Gasteiger partial charge in [0.15, 0.2) is 5.76 Å². The molecule has 25 heavy (non-hydrogen) atoms. The Morgan fingerprint density at radius 3 is 2.80 bits per heavy atom. The second-order valence-corrected chi connectivity index (χ2v) is 7.19. The lowest BCUT2D eigenvalue weighted by molar-refractivity contribution is 0.0901. The van der Waals surface area contributed by atoms with E-state index in [1.165, 1.54) is 22.3 Å². The van der Waals surface area contributed by atoms with Crippen LogP contribution in [-0.2, 0) is 13.0 Å². The largest absolute Gasteiger partial charge is 0.459 e. The zero-order chi connectivity index (χ0) is 17.1. The number of amides is 1. The molecule has 1 aromatic carbocycles. The fourth-order valence-electron chi connectivity index (χ4n) is 3.36. The van der Waals surface area contributed by atoms with Crippen molar-refractivity contribution < 1.29 is 9.21 Å². The number of nitrogens with zero attached hydrogens (tertiary/aromatic N) is 1. The molecule has 4 rings (SSSR count). The summed E-state index contributed by atoms with van der Waals surface area (Å²) in [6, 6.07) is 16.4. The Morgan fingerprint density at radius 1 is 1.16 bits per heavy atom. The first-order valence-corrected chi connectivity index (χ1v) is 9.35. The molecule has 4 nitrogen and oxygen atoms in total. The van der Waals surface area contributed by atoms with E-state index in [2.05, 4.69) is 52.0 Å². The number of fused-ring (bicyclic) bond motifs is 1. The van der Waals surface area contributed by atoms with Crippen LogP contribution in [0.1, 0.15) is 32.6 Å². The quantitative estimate of drug-likeness (QED) is 0.758. The van der Waals surface area contributed by atoms with Gasteiger partial charge >= 0.3 is 0 Å². The van der Waals surface area contributed by atoms with Crippen LogP contribution in [0.2, 0.25) is 0 Å². The van der Waals surface area contributed by atoms with Gasteiger partial charge in [-0.05, 0) is 41.1 Å².